The molecule has 1 aromatic heterocycles. The van der Waals surface area contributed by atoms with E-state index in [1.54, 1.807) is 0 Å². The van der Waals surface area contributed by atoms with E-state index in [2.05, 4.69) is 60.3 Å². The molecule has 0 saturated heterocycles. The van der Waals surface area contributed by atoms with Gasteiger partial charge in [-0.15, -0.1) is 0 Å². The van der Waals surface area contributed by atoms with E-state index in [9.17, 15) is 0 Å². The van der Waals surface area contributed by atoms with Crippen molar-refractivity contribution < 1.29 is 0 Å². The molecule has 1 aliphatic rings. The van der Waals surface area contributed by atoms with Crippen molar-refractivity contribution in [3.63, 3.8) is 0 Å². The van der Waals surface area contributed by atoms with Crippen molar-refractivity contribution in [3.05, 3.63) is 58.9 Å². The van der Waals surface area contributed by atoms with Crippen LogP contribution in [0.15, 0.2) is 36.5 Å². The van der Waals surface area contributed by atoms with E-state index in [1.165, 1.54) is 35.2 Å². The fourth-order valence-corrected chi connectivity index (χ4v) is 2.66. The van der Waals surface area contributed by atoms with Crippen molar-refractivity contribution in [2.24, 2.45) is 0 Å². The Bertz CT molecular complexity index is 544. The number of hydrogen-bond acceptors (Lipinski definition) is 1. The molecule has 2 aromatic rings. The van der Waals surface area contributed by atoms with Crippen LogP contribution in [0.25, 0.3) is 0 Å². The first-order valence-corrected chi connectivity index (χ1v) is 7.15. The largest absolute Gasteiger partial charge is 0.346 e. The molecule has 0 spiro atoms. The van der Waals surface area contributed by atoms with Gasteiger partial charge >= 0.3 is 0 Å². The molecular formula is C17H22N2. The van der Waals surface area contributed by atoms with Crippen LogP contribution in [-0.4, -0.2) is 10.6 Å². The van der Waals surface area contributed by atoms with Crippen molar-refractivity contribution in [1.82, 2.24) is 9.88 Å². The van der Waals surface area contributed by atoms with E-state index < -0.39 is 0 Å². The fraction of sp³-hybridized carbons (Fsp3) is 0.412. The topological polar surface area (TPSA) is 17.0 Å². The van der Waals surface area contributed by atoms with Gasteiger partial charge in [0.05, 0.1) is 0 Å². The second-order valence-electron chi connectivity index (χ2n) is 5.78. The molecule has 0 unspecified atom stereocenters. The predicted octanol–water partition coefficient (Wildman–Crippen LogP) is 3.41. The third kappa shape index (κ3) is 3.27. The molecule has 100 valence electrons. The summed E-state index contributed by atoms with van der Waals surface area (Å²) in [6.45, 7) is 6.29. The van der Waals surface area contributed by atoms with Gasteiger partial charge in [0.15, 0.2) is 0 Å². The predicted molar refractivity (Wildman–Crippen MR) is 79.3 cm³/mol. The number of aryl methyl sites for hydroxylation is 2. The number of nitrogens with one attached hydrogen (secondary N) is 1. The van der Waals surface area contributed by atoms with Gasteiger partial charge in [0.25, 0.3) is 0 Å². The van der Waals surface area contributed by atoms with E-state index in [0.717, 1.165) is 19.1 Å². The molecular weight excluding hydrogens is 232 g/mol. The summed E-state index contributed by atoms with van der Waals surface area (Å²) >= 11 is 0. The van der Waals surface area contributed by atoms with E-state index in [0.29, 0.717) is 0 Å². The lowest BCUT2D eigenvalue weighted by Crippen LogP contribution is -2.18. The Morgan fingerprint density at radius 3 is 2.58 bits per heavy atom. The molecule has 1 N–H and O–H groups in total. The lowest BCUT2D eigenvalue weighted by atomic mass is 10.1. The molecule has 19 heavy (non-hydrogen) atoms. The van der Waals surface area contributed by atoms with E-state index >= 15 is 0 Å². The maximum atomic E-state index is 3.59. The summed E-state index contributed by atoms with van der Waals surface area (Å²) in [6, 6.07) is 11.9. The number of rotatable bonds is 5. The van der Waals surface area contributed by atoms with Gasteiger partial charge in [-0.05, 0) is 44.4 Å². The van der Waals surface area contributed by atoms with Crippen LogP contribution in [-0.2, 0) is 13.1 Å². The average molecular weight is 254 g/mol. The Labute approximate surface area is 115 Å². The molecule has 1 saturated carbocycles. The Morgan fingerprint density at radius 2 is 1.89 bits per heavy atom. The SMILES string of the molecule is Cc1cc(C)cc(Cn2cccc2CNC2CC2)c1. The van der Waals surface area contributed by atoms with Crippen LogP contribution < -0.4 is 5.32 Å². The molecule has 3 rings (SSSR count). The van der Waals surface area contributed by atoms with Gasteiger partial charge in [-0.1, -0.05) is 29.3 Å². The minimum Gasteiger partial charge on any atom is -0.346 e. The molecule has 0 radical (unpaired) electrons. The smallest absolute Gasteiger partial charge is 0.0473 e. The molecule has 1 fully saturated rings. The average Bonchev–Trinajstić information content (AvgIpc) is 3.07. The van der Waals surface area contributed by atoms with Gasteiger partial charge in [-0.3, -0.25) is 0 Å². The maximum Gasteiger partial charge on any atom is 0.0473 e. The van der Waals surface area contributed by atoms with Crippen LogP contribution in [0.4, 0.5) is 0 Å². The van der Waals surface area contributed by atoms with Crippen LogP contribution in [0.3, 0.4) is 0 Å². The summed E-state index contributed by atoms with van der Waals surface area (Å²) in [5, 5.41) is 3.59. The van der Waals surface area contributed by atoms with Gasteiger partial charge in [0, 0.05) is 31.0 Å². The van der Waals surface area contributed by atoms with Crippen LogP contribution in [0, 0.1) is 13.8 Å². The molecule has 1 aliphatic carbocycles. The zero-order valence-electron chi connectivity index (χ0n) is 11.8. The van der Waals surface area contributed by atoms with Crippen molar-refractivity contribution in [2.45, 2.75) is 45.8 Å². The van der Waals surface area contributed by atoms with Gasteiger partial charge in [0.1, 0.15) is 0 Å². The number of nitrogens with zero attached hydrogens (tertiary/aromatic N) is 1. The lowest BCUT2D eigenvalue weighted by Gasteiger charge is -2.11. The number of benzene rings is 1. The van der Waals surface area contributed by atoms with Crippen molar-refractivity contribution in [1.29, 1.82) is 0 Å². The Hall–Kier alpha value is -1.54. The fourth-order valence-electron chi connectivity index (χ4n) is 2.66. The monoisotopic (exact) mass is 254 g/mol. The summed E-state index contributed by atoms with van der Waals surface area (Å²) in [7, 11) is 0. The second kappa shape index (κ2) is 5.22. The first-order chi connectivity index (χ1) is 9.20. The van der Waals surface area contributed by atoms with E-state index in [-0.39, 0.29) is 0 Å². The molecule has 0 atom stereocenters. The molecule has 0 amide bonds. The van der Waals surface area contributed by atoms with E-state index in [4.69, 9.17) is 0 Å². The highest BCUT2D eigenvalue weighted by molar-refractivity contribution is 5.29. The summed E-state index contributed by atoms with van der Waals surface area (Å²) < 4.78 is 2.35. The third-order valence-corrected chi connectivity index (χ3v) is 3.71. The normalized spacial score (nSPS) is 14.8. The number of aromatic nitrogens is 1. The summed E-state index contributed by atoms with van der Waals surface area (Å²) in [4.78, 5) is 0. The Balaban J connectivity index is 1.72. The van der Waals surface area contributed by atoms with Gasteiger partial charge in [-0.2, -0.15) is 0 Å². The summed E-state index contributed by atoms with van der Waals surface area (Å²) in [5.41, 5.74) is 5.46. The van der Waals surface area contributed by atoms with Gasteiger partial charge in [0.2, 0.25) is 0 Å². The first-order valence-electron chi connectivity index (χ1n) is 7.15. The minimum atomic E-state index is 0.768. The van der Waals surface area contributed by atoms with Crippen LogP contribution >= 0.6 is 0 Å². The highest BCUT2D eigenvalue weighted by atomic mass is 15.0. The molecule has 2 heteroatoms. The molecule has 0 aliphatic heterocycles. The Morgan fingerprint density at radius 1 is 1.16 bits per heavy atom. The van der Waals surface area contributed by atoms with Crippen molar-refractivity contribution in [3.8, 4) is 0 Å². The highest BCUT2D eigenvalue weighted by Crippen LogP contribution is 2.19. The van der Waals surface area contributed by atoms with Crippen molar-refractivity contribution in [2.75, 3.05) is 0 Å². The third-order valence-electron chi connectivity index (χ3n) is 3.71. The van der Waals surface area contributed by atoms with E-state index in [1.807, 2.05) is 0 Å². The summed E-state index contributed by atoms with van der Waals surface area (Å²) in [5.74, 6) is 0. The molecule has 0 bridgehead atoms. The molecule has 1 heterocycles. The quantitative estimate of drug-likeness (QED) is 0.865. The molecule has 1 aromatic carbocycles. The summed E-state index contributed by atoms with van der Waals surface area (Å²) in [6.07, 6.45) is 4.87. The standard InChI is InChI=1S/C17H22N2/c1-13-8-14(2)10-15(9-13)12-19-7-3-4-17(19)11-18-16-5-6-16/h3-4,7-10,16,18H,5-6,11-12H2,1-2H3. The van der Waals surface area contributed by atoms with Gasteiger partial charge < -0.3 is 9.88 Å². The second-order valence-corrected chi connectivity index (χ2v) is 5.78. The lowest BCUT2D eigenvalue weighted by molar-refractivity contribution is 0.634. The zero-order valence-corrected chi connectivity index (χ0v) is 11.8. The zero-order chi connectivity index (χ0) is 13.2. The first kappa shape index (κ1) is 12.5. The minimum absolute atomic E-state index is 0.768. The molecule has 2 nitrogen and oxygen atoms in total. The Kier molecular flexibility index (Phi) is 3.43. The van der Waals surface area contributed by atoms with Crippen LogP contribution in [0.2, 0.25) is 0 Å². The van der Waals surface area contributed by atoms with Crippen molar-refractivity contribution >= 4 is 0 Å². The van der Waals surface area contributed by atoms with Crippen LogP contribution in [0.1, 0.15) is 35.2 Å². The highest BCUT2D eigenvalue weighted by Gasteiger charge is 2.20. The maximum absolute atomic E-state index is 3.59. The van der Waals surface area contributed by atoms with Gasteiger partial charge in [-0.25, -0.2) is 0 Å². The number of hydrogen-bond donors (Lipinski definition) is 1. The van der Waals surface area contributed by atoms with Crippen LogP contribution in [0.5, 0.6) is 0 Å².